The van der Waals surface area contributed by atoms with Gasteiger partial charge in [0.15, 0.2) is 0 Å². The average Bonchev–Trinajstić information content (AvgIpc) is 3.25. The van der Waals surface area contributed by atoms with Crippen LogP contribution in [0.5, 0.6) is 0 Å². The van der Waals surface area contributed by atoms with E-state index >= 15 is 0 Å². The van der Waals surface area contributed by atoms with Crippen LogP contribution < -0.4 is 22.3 Å². The first-order valence-electron chi connectivity index (χ1n) is 10.0. The molecule has 2 heterocycles. The van der Waals surface area contributed by atoms with E-state index in [0.29, 0.717) is 6.54 Å². The van der Waals surface area contributed by atoms with Gasteiger partial charge in [-0.05, 0) is 29.7 Å². The Morgan fingerprint density at radius 1 is 1.09 bits per heavy atom. The van der Waals surface area contributed by atoms with Gasteiger partial charge < -0.3 is 16.0 Å². The van der Waals surface area contributed by atoms with Gasteiger partial charge in [-0.15, -0.1) is 0 Å². The average molecular weight is 430 g/mol. The van der Waals surface area contributed by atoms with Gasteiger partial charge >= 0.3 is 5.69 Å². The van der Waals surface area contributed by atoms with Crippen molar-refractivity contribution in [3.8, 4) is 11.1 Å². The van der Waals surface area contributed by atoms with E-state index in [1.165, 1.54) is 0 Å². The fourth-order valence-electron chi connectivity index (χ4n) is 3.38. The maximum Gasteiger partial charge on any atom is 0.326 e. The Bertz CT molecular complexity index is 1370. The minimum atomic E-state index is -0.805. The highest BCUT2D eigenvalue weighted by atomic mass is 16.2. The van der Waals surface area contributed by atoms with Gasteiger partial charge in [-0.1, -0.05) is 48.5 Å². The first-order valence-corrected chi connectivity index (χ1v) is 10.0. The van der Waals surface area contributed by atoms with Crippen molar-refractivity contribution in [3.63, 3.8) is 0 Å². The van der Waals surface area contributed by atoms with Gasteiger partial charge in [-0.2, -0.15) is 5.10 Å². The van der Waals surface area contributed by atoms with Crippen LogP contribution in [0.2, 0.25) is 0 Å². The van der Waals surface area contributed by atoms with Gasteiger partial charge in [-0.3, -0.25) is 19.3 Å². The predicted octanol–water partition coefficient (Wildman–Crippen LogP) is 2.05. The summed E-state index contributed by atoms with van der Waals surface area (Å²) in [4.78, 5) is 40.0. The molecule has 0 aliphatic rings. The number of aromatic amines is 2. The number of benzene rings is 2. The molecule has 1 amide bonds. The van der Waals surface area contributed by atoms with Crippen molar-refractivity contribution in [2.24, 2.45) is 0 Å². The third-order valence-corrected chi connectivity index (χ3v) is 5.09. The number of nitrogens with one attached hydrogen (secondary N) is 3. The number of hydrogen-bond donors (Lipinski definition) is 4. The monoisotopic (exact) mass is 430 g/mol. The fourth-order valence-corrected chi connectivity index (χ4v) is 3.38. The first-order chi connectivity index (χ1) is 15.4. The fraction of sp³-hybridized carbons (Fsp3) is 0.130. The van der Waals surface area contributed by atoms with Crippen LogP contribution >= 0.6 is 0 Å². The topological polar surface area (TPSA) is 139 Å². The molecular formula is C23H22N6O3. The van der Waals surface area contributed by atoms with Crippen molar-refractivity contribution in [2.75, 3.05) is 5.73 Å². The van der Waals surface area contributed by atoms with E-state index in [0.717, 1.165) is 22.3 Å². The Balaban J connectivity index is 1.51. The maximum atomic E-state index is 12.6. The summed E-state index contributed by atoms with van der Waals surface area (Å²) in [5.41, 5.74) is 7.34. The molecule has 1 atom stereocenters. The molecule has 0 aliphatic carbocycles. The number of aromatic nitrogens is 4. The lowest BCUT2D eigenvalue weighted by molar-refractivity contribution is 0.0935. The van der Waals surface area contributed by atoms with Crippen molar-refractivity contribution in [1.82, 2.24) is 25.1 Å². The third kappa shape index (κ3) is 4.51. The molecule has 32 heavy (non-hydrogen) atoms. The zero-order chi connectivity index (χ0) is 22.7. The number of nitrogens with two attached hydrogens (primary N) is 1. The molecular weight excluding hydrogens is 408 g/mol. The zero-order valence-corrected chi connectivity index (χ0v) is 17.3. The minimum absolute atomic E-state index is 0.260. The molecule has 1 unspecified atom stereocenters. The Morgan fingerprint density at radius 2 is 1.88 bits per heavy atom. The van der Waals surface area contributed by atoms with Crippen LogP contribution in [0.15, 0.2) is 76.6 Å². The van der Waals surface area contributed by atoms with Gasteiger partial charge in [0.2, 0.25) is 0 Å². The van der Waals surface area contributed by atoms with Crippen molar-refractivity contribution < 1.29 is 4.79 Å². The summed E-state index contributed by atoms with van der Waals surface area (Å²) in [6.07, 6.45) is 3.77. The van der Waals surface area contributed by atoms with E-state index in [1.54, 1.807) is 13.1 Å². The largest absolute Gasteiger partial charge is 0.392 e. The van der Waals surface area contributed by atoms with Gasteiger partial charge in [0.1, 0.15) is 11.4 Å². The lowest BCUT2D eigenvalue weighted by atomic mass is 10.0. The number of amides is 1. The molecule has 0 aliphatic heterocycles. The smallest absolute Gasteiger partial charge is 0.326 e. The summed E-state index contributed by atoms with van der Waals surface area (Å²) in [6, 6.07) is 17.4. The summed E-state index contributed by atoms with van der Waals surface area (Å²) in [6.45, 7) is 2.47. The molecule has 162 valence electrons. The normalized spacial score (nSPS) is 11.8. The lowest BCUT2D eigenvalue weighted by Gasteiger charge is -2.15. The van der Waals surface area contributed by atoms with E-state index in [-0.39, 0.29) is 11.4 Å². The van der Waals surface area contributed by atoms with Crippen molar-refractivity contribution in [3.05, 3.63) is 105 Å². The molecule has 2 aromatic carbocycles. The Labute approximate surface area is 182 Å². The summed E-state index contributed by atoms with van der Waals surface area (Å²) >= 11 is 0. The van der Waals surface area contributed by atoms with Crippen LogP contribution in [-0.2, 0) is 6.54 Å². The van der Waals surface area contributed by atoms with Gasteiger partial charge in [0, 0.05) is 11.8 Å². The minimum Gasteiger partial charge on any atom is -0.392 e. The number of carbonyl (C=O) groups is 1. The highest BCUT2D eigenvalue weighted by Crippen LogP contribution is 2.23. The first kappa shape index (κ1) is 20.9. The molecule has 4 aromatic rings. The standard InChI is InChI=1S/C23H22N6O3/c1-14(26-22(31)20-19(24)21(30)28-23(32)27-20)16-8-5-9-17(10-16)18-11-25-29(13-18)12-15-6-3-2-4-7-15/h2-11,13-14H,12,24H2,1H3,(H,26,31)(H2,27,28,30,32). The van der Waals surface area contributed by atoms with Crippen LogP contribution in [0, 0.1) is 0 Å². The second-order valence-corrected chi connectivity index (χ2v) is 7.43. The molecule has 0 fully saturated rings. The number of H-pyrrole nitrogens is 2. The molecule has 0 saturated carbocycles. The van der Waals surface area contributed by atoms with Crippen molar-refractivity contribution in [1.29, 1.82) is 0 Å². The van der Waals surface area contributed by atoms with Crippen molar-refractivity contribution >= 4 is 11.6 Å². The molecule has 9 heteroatoms. The summed E-state index contributed by atoms with van der Waals surface area (Å²) in [7, 11) is 0. The number of nitrogens with zero attached hydrogens (tertiary/aromatic N) is 2. The quantitative estimate of drug-likeness (QED) is 0.371. The van der Waals surface area contributed by atoms with E-state index in [1.807, 2.05) is 70.5 Å². The number of hydrogen-bond acceptors (Lipinski definition) is 5. The SMILES string of the molecule is CC(NC(=O)c1[nH]c(=O)[nH]c(=O)c1N)c1cccc(-c2cnn(Cc3ccccc3)c2)c1. The van der Waals surface area contributed by atoms with E-state index in [4.69, 9.17) is 5.73 Å². The second kappa shape index (κ2) is 8.76. The molecule has 0 bridgehead atoms. The van der Waals surface area contributed by atoms with E-state index in [2.05, 4.69) is 15.4 Å². The number of anilines is 1. The highest BCUT2D eigenvalue weighted by Gasteiger charge is 2.17. The van der Waals surface area contributed by atoms with Crippen molar-refractivity contribution in [2.45, 2.75) is 19.5 Å². The second-order valence-electron chi connectivity index (χ2n) is 7.43. The molecule has 0 radical (unpaired) electrons. The van der Waals surface area contributed by atoms with Gasteiger partial charge in [0.05, 0.1) is 18.8 Å². The molecule has 2 aromatic heterocycles. The van der Waals surface area contributed by atoms with Crippen LogP contribution in [0.25, 0.3) is 11.1 Å². The maximum absolute atomic E-state index is 12.6. The van der Waals surface area contributed by atoms with Crippen LogP contribution in [-0.4, -0.2) is 25.7 Å². The molecule has 9 nitrogen and oxygen atoms in total. The number of rotatable bonds is 6. The third-order valence-electron chi connectivity index (χ3n) is 5.09. The van der Waals surface area contributed by atoms with Crippen LogP contribution in [0.1, 0.15) is 34.6 Å². The summed E-state index contributed by atoms with van der Waals surface area (Å²) in [5.74, 6) is -0.640. The number of nitrogen functional groups attached to an aromatic ring is 1. The zero-order valence-electron chi connectivity index (χ0n) is 17.3. The van der Waals surface area contributed by atoms with Crippen LogP contribution in [0.3, 0.4) is 0 Å². The van der Waals surface area contributed by atoms with Gasteiger partial charge in [0.25, 0.3) is 11.5 Å². The summed E-state index contributed by atoms with van der Waals surface area (Å²) in [5, 5.41) is 7.20. The predicted molar refractivity (Wildman–Crippen MR) is 121 cm³/mol. The van der Waals surface area contributed by atoms with E-state index in [9.17, 15) is 14.4 Å². The van der Waals surface area contributed by atoms with Gasteiger partial charge in [-0.25, -0.2) is 4.79 Å². The Hall–Kier alpha value is -4.40. The molecule has 5 N–H and O–H groups in total. The molecule has 0 saturated heterocycles. The summed E-state index contributed by atoms with van der Waals surface area (Å²) < 4.78 is 1.87. The van der Waals surface area contributed by atoms with E-state index < -0.39 is 23.2 Å². The Kier molecular flexibility index (Phi) is 5.71. The Morgan fingerprint density at radius 3 is 2.66 bits per heavy atom. The molecule has 4 rings (SSSR count). The number of carbonyl (C=O) groups excluding carboxylic acids is 1. The highest BCUT2D eigenvalue weighted by molar-refractivity contribution is 5.97. The molecule has 0 spiro atoms. The lowest BCUT2D eigenvalue weighted by Crippen LogP contribution is -2.34. The van der Waals surface area contributed by atoms with Crippen LogP contribution in [0.4, 0.5) is 5.69 Å².